The maximum atomic E-state index is 13.1. The molecule has 0 bridgehead atoms. The number of halogens is 2. The van der Waals surface area contributed by atoms with E-state index in [0.717, 1.165) is 31.4 Å². The molecule has 1 N–H and O–H groups in total. The molecule has 1 unspecified atom stereocenters. The Kier molecular flexibility index (Phi) is 6.15. The fraction of sp³-hybridized carbons (Fsp3) is 0.526. The summed E-state index contributed by atoms with van der Waals surface area (Å²) in [6.45, 7) is 3.52. The molecule has 2 aliphatic heterocycles. The summed E-state index contributed by atoms with van der Waals surface area (Å²) >= 11 is 0. The summed E-state index contributed by atoms with van der Waals surface area (Å²) in [5.41, 5.74) is 0.851. The Bertz CT molecular complexity index is 591. The normalized spacial score (nSPS) is 23.8. The molecule has 1 aromatic carbocycles. The van der Waals surface area contributed by atoms with E-state index in [2.05, 4.69) is 10.2 Å². The van der Waals surface area contributed by atoms with Crippen LogP contribution in [-0.4, -0.2) is 54.5 Å². The van der Waals surface area contributed by atoms with Crippen LogP contribution in [0.4, 0.5) is 8.78 Å². The molecule has 2 aliphatic rings. The number of nitrogens with one attached hydrogen (secondary N) is 1. The number of rotatable bonds is 4. The Labute approximate surface area is 147 Å². The fourth-order valence-electron chi connectivity index (χ4n) is 3.68. The predicted molar refractivity (Wildman–Crippen MR) is 93.2 cm³/mol. The Morgan fingerprint density at radius 2 is 1.88 bits per heavy atom. The maximum Gasteiger partial charge on any atom is 0.239 e. The van der Waals surface area contributed by atoms with E-state index in [1.807, 2.05) is 4.90 Å². The second-order valence-electron chi connectivity index (χ2n) is 6.68. The van der Waals surface area contributed by atoms with Crippen LogP contribution >= 0.6 is 0 Å². The molecule has 1 amide bonds. The third-order valence-corrected chi connectivity index (χ3v) is 5.09. The summed E-state index contributed by atoms with van der Waals surface area (Å²) < 4.78 is 26.0. The van der Waals surface area contributed by atoms with Crippen LogP contribution in [0.25, 0.3) is 0 Å². The third-order valence-electron chi connectivity index (χ3n) is 5.09. The van der Waals surface area contributed by atoms with E-state index >= 15 is 0 Å². The van der Waals surface area contributed by atoms with Crippen molar-refractivity contribution in [3.05, 3.63) is 48.1 Å². The van der Waals surface area contributed by atoms with Crippen LogP contribution in [0.3, 0.4) is 0 Å². The number of nitrogens with zero attached hydrogens (tertiary/aromatic N) is 2. The van der Waals surface area contributed by atoms with Gasteiger partial charge in [0.05, 0.1) is 18.4 Å². The highest BCUT2D eigenvalue weighted by Crippen LogP contribution is 2.24. The number of carbonyl (C=O) groups is 1. The number of benzene rings is 1. The lowest BCUT2D eigenvalue weighted by atomic mass is 10.0. The van der Waals surface area contributed by atoms with Gasteiger partial charge >= 0.3 is 0 Å². The van der Waals surface area contributed by atoms with Gasteiger partial charge in [-0.2, -0.15) is 0 Å². The van der Waals surface area contributed by atoms with E-state index < -0.39 is 0 Å². The van der Waals surface area contributed by atoms with E-state index in [0.29, 0.717) is 32.5 Å². The molecular formula is C19H25F2N3O. The lowest BCUT2D eigenvalue weighted by molar-refractivity contribution is -0.136. The molecule has 2 heterocycles. The SMILES string of the molecule is O=C([C@@H]1CCCCN1)N1CCN(C(/C=C/F)c2ccc(F)cc2)CC1. The van der Waals surface area contributed by atoms with E-state index in [1.54, 1.807) is 12.1 Å². The lowest BCUT2D eigenvalue weighted by Gasteiger charge is -2.40. The Hall–Kier alpha value is -1.79. The second kappa shape index (κ2) is 8.54. The topological polar surface area (TPSA) is 35.6 Å². The van der Waals surface area contributed by atoms with E-state index in [-0.39, 0.29) is 23.8 Å². The van der Waals surface area contributed by atoms with Gasteiger partial charge in [0.25, 0.3) is 0 Å². The van der Waals surface area contributed by atoms with Crippen molar-refractivity contribution in [3.8, 4) is 0 Å². The highest BCUT2D eigenvalue weighted by atomic mass is 19.1. The molecule has 0 radical (unpaired) electrons. The van der Waals surface area contributed by atoms with Gasteiger partial charge in [-0.3, -0.25) is 9.69 Å². The van der Waals surface area contributed by atoms with Crippen molar-refractivity contribution in [1.82, 2.24) is 15.1 Å². The molecule has 6 heteroatoms. The first kappa shape index (κ1) is 18.0. The summed E-state index contributed by atoms with van der Waals surface area (Å²) in [5, 5.41) is 3.30. The lowest BCUT2D eigenvalue weighted by Crippen LogP contribution is -2.55. The summed E-state index contributed by atoms with van der Waals surface area (Å²) in [4.78, 5) is 16.6. The quantitative estimate of drug-likeness (QED) is 0.908. The van der Waals surface area contributed by atoms with Crippen LogP contribution in [-0.2, 0) is 4.79 Å². The summed E-state index contributed by atoms with van der Waals surface area (Å²) in [5.74, 6) is -0.124. The molecule has 0 aliphatic carbocycles. The van der Waals surface area contributed by atoms with Crippen LogP contribution in [0.1, 0.15) is 30.9 Å². The molecule has 0 saturated carbocycles. The van der Waals surface area contributed by atoms with Crippen molar-refractivity contribution in [2.24, 2.45) is 0 Å². The van der Waals surface area contributed by atoms with Gasteiger partial charge in [-0.15, -0.1) is 0 Å². The molecule has 4 nitrogen and oxygen atoms in total. The second-order valence-corrected chi connectivity index (χ2v) is 6.68. The summed E-state index contributed by atoms with van der Waals surface area (Å²) in [6, 6.07) is 5.85. The molecule has 0 spiro atoms. The van der Waals surface area contributed by atoms with Gasteiger partial charge in [0, 0.05) is 26.2 Å². The monoisotopic (exact) mass is 349 g/mol. The first-order chi connectivity index (χ1) is 12.2. The van der Waals surface area contributed by atoms with E-state index in [4.69, 9.17) is 0 Å². The predicted octanol–water partition coefficient (Wildman–Crippen LogP) is 2.64. The Balaban J connectivity index is 1.61. The minimum atomic E-state index is -0.304. The zero-order valence-electron chi connectivity index (χ0n) is 14.3. The zero-order chi connectivity index (χ0) is 17.6. The summed E-state index contributed by atoms with van der Waals surface area (Å²) in [7, 11) is 0. The minimum Gasteiger partial charge on any atom is -0.339 e. The van der Waals surface area contributed by atoms with Crippen molar-refractivity contribution in [3.63, 3.8) is 0 Å². The van der Waals surface area contributed by atoms with Crippen LogP contribution in [0, 0.1) is 5.82 Å². The molecule has 2 atom stereocenters. The standard InChI is InChI=1S/C19H25F2N3O/c20-9-8-18(15-4-6-16(21)7-5-15)23-11-13-24(14-12-23)19(25)17-3-1-2-10-22-17/h4-9,17-18,22H,1-3,10-14H2/b9-8+/t17-,18?/m0/s1. The maximum absolute atomic E-state index is 13.1. The molecule has 0 aromatic heterocycles. The van der Waals surface area contributed by atoms with Gasteiger partial charge in [-0.05, 0) is 43.2 Å². The van der Waals surface area contributed by atoms with Crippen LogP contribution in [0.15, 0.2) is 36.7 Å². The van der Waals surface area contributed by atoms with Gasteiger partial charge in [0.2, 0.25) is 5.91 Å². The molecule has 136 valence electrons. The van der Waals surface area contributed by atoms with Crippen LogP contribution in [0.5, 0.6) is 0 Å². The number of hydrogen-bond donors (Lipinski definition) is 1. The Morgan fingerprint density at radius 3 is 2.48 bits per heavy atom. The van der Waals surface area contributed by atoms with Crippen molar-refractivity contribution in [2.75, 3.05) is 32.7 Å². The van der Waals surface area contributed by atoms with Crippen molar-refractivity contribution < 1.29 is 13.6 Å². The number of piperidine rings is 1. The average Bonchev–Trinajstić information content (AvgIpc) is 2.67. The highest BCUT2D eigenvalue weighted by molar-refractivity contribution is 5.82. The number of hydrogen-bond acceptors (Lipinski definition) is 3. The molecule has 2 saturated heterocycles. The zero-order valence-corrected chi connectivity index (χ0v) is 14.3. The van der Waals surface area contributed by atoms with Crippen LogP contribution in [0.2, 0.25) is 0 Å². The van der Waals surface area contributed by atoms with Gasteiger partial charge < -0.3 is 10.2 Å². The van der Waals surface area contributed by atoms with E-state index in [9.17, 15) is 13.6 Å². The van der Waals surface area contributed by atoms with Crippen molar-refractivity contribution in [1.29, 1.82) is 0 Å². The number of carbonyl (C=O) groups excluding carboxylic acids is 1. The van der Waals surface area contributed by atoms with Gasteiger partial charge in [0.15, 0.2) is 0 Å². The van der Waals surface area contributed by atoms with Gasteiger partial charge in [0.1, 0.15) is 5.82 Å². The first-order valence-electron chi connectivity index (χ1n) is 8.97. The molecule has 3 rings (SSSR count). The summed E-state index contributed by atoms with van der Waals surface area (Å²) in [6.07, 6.45) is 5.15. The molecular weight excluding hydrogens is 324 g/mol. The third kappa shape index (κ3) is 4.44. The van der Waals surface area contributed by atoms with Crippen molar-refractivity contribution >= 4 is 5.91 Å². The van der Waals surface area contributed by atoms with E-state index in [1.165, 1.54) is 18.2 Å². The molecule has 2 fully saturated rings. The van der Waals surface area contributed by atoms with Crippen LogP contribution < -0.4 is 5.32 Å². The number of amides is 1. The van der Waals surface area contributed by atoms with Gasteiger partial charge in [-0.25, -0.2) is 8.78 Å². The van der Waals surface area contributed by atoms with Crippen molar-refractivity contribution in [2.45, 2.75) is 31.3 Å². The minimum absolute atomic E-state index is 0.0565. The molecule has 25 heavy (non-hydrogen) atoms. The first-order valence-corrected chi connectivity index (χ1v) is 8.97. The smallest absolute Gasteiger partial charge is 0.239 e. The highest BCUT2D eigenvalue weighted by Gasteiger charge is 2.30. The average molecular weight is 349 g/mol. The van der Waals surface area contributed by atoms with Gasteiger partial charge in [-0.1, -0.05) is 18.6 Å². The Morgan fingerprint density at radius 1 is 1.16 bits per heavy atom. The largest absolute Gasteiger partial charge is 0.339 e. The fourth-order valence-corrected chi connectivity index (χ4v) is 3.68. The number of piperazine rings is 1. The molecule has 1 aromatic rings.